The number of pyridine rings is 1. The average Bonchev–Trinajstić information content (AvgIpc) is 3.39. The molecule has 31 heavy (non-hydrogen) atoms. The summed E-state index contributed by atoms with van der Waals surface area (Å²) in [5.74, 6) is 1.15. The zero-order valence-electron chi connectivity index (χ0n) is 16.8. The molecule has 1 fully saturated rings. The van der Waals surface area contributed by atoms with Crippen molar-refractivity contribution in [2.75, 3.05) is 4.90 Å². The van der Waals surface area contributed by atoms with Crippen molar-refractivity contribution in [1.29, 1.82) is 0 Å². The third-order valence-corrected chi connectivity index (χ3v) is 5.74. The molecule has 3 heterocycles. The molecule has 2 unspecified atom stereocenters. The number of rotatable bonds is 4. The van der Waals surface area contributed by atoms with E-state index in [4.69, 9.17) is 16.6 Å². The van der Waals surface area contributed by atoms with Crippen LogP contribution in [-0.4, -0.2) is 10.1 Å². The Labute approximate surface area is 185 Å². The molecule has 0 saturated carbocycles. The van der Waals surface area contributed by atoms with Gasteiger partial charge in [-0.25, -0.2) is 4.39 Å². The largest absolute Gasteiger partial charge is 0.459 e. The molecular formula is C25H20FN3OS. The van der Waals surface area contributed by atoms with Crippen LogP contribution in [0.1, 0.15) is 29.1 Å². The molecule has 4 nitrogen and oxygen atoms in total. The maximum absolute atomic E-state index is 13.3. The minimum Gasteiger partial charge on any atom is -0.459 e. The standard InChI is InChI=1S/C25H20FN3OS/c1-16-5-4-6-19(15-16)29-24(23(28-25(29)31)20-7-2-3-14-27-20)22-13-12-21(30-22)17-8-10-18(26)11-9-17/h2-15,23-24H,1H3,(H,28,31). The summed E-state index contributed by atoms with van der Waals surface area (Å²) < 4.78 is 19.6. The van der Waals surface area contributed by atoms with Crippen molar-refractivity contribution in [3.05, 3.63) is 108 Å². The lowest BCUT2D eigenvalue weighted by molar-refractivity contribution is 0.439. The van der Waals surface area contributed by atoms with E-state index in [1.165, 1.54) is 12.1 Å². The van der Waals surface area contributed by atoms with E-state index < -0.39 is 0 Å². The second kappa shape index (κ2) is 7.96. The van der Waals surface area contributed by atoms with Crippen molar-refractivity contribution in [3.63, 3.8) is 0 Å². The van der Waals surface area contributed by atoms with Crippen LogP contribution in [-0.2, 0) is 0 Å². The van der Waals surface area contributed by atoms with Gasteiger partial charge in [-0.1, -0.05) is 18.2 Å². The molecule has 1 aliphatic heterocycles. The summed E-state index contributed by atoms with van der Waals surface area (Å²) in [7, 11) is 0. The van der Waals surface area contributed by atoms with Gasteiger partial charge in [0.05, 0.1) is 11.7 Å². The normalized spacial score (nSPS) is 18.3. The van der Waals surface area contributed by atoms with Gasteiger partial charge in [0.25, 0.3) is 0 Å². The number of aromatic nitrogens is 1. The van der Waals surface area contributed by atoms with E-state index in [-0.39, 0.29) is 17.9 Å². The Morgan fingerprint density at radius 1 is 1.00 bits per heavy atom. The molecule has 1 saturated heterocycles. The third-order valence-electron chi connectivity index (χ3n) is 5.42. The SMILES string of the molecule is Cc1cccc(N2C(=S)NC(c3ccccn3)C2c2ccc(-c3ccc(F)cc3)o2)c1. The summed E-state index contributed by atoms with van der Waals surface area (Å²) in [4.78, 5) is 6.64. The van der Waals surface area contributed by atoms with Gasteiger partial charge < -0.3 is 14.6 Å². The molecule has 6 heteroatoms. The van der Waals surface area contributed by atoms with Gasteiger partial charge in [-0.3, -0.25) is 4.98 Å². The van der Waals surface area contributed by atoms with Crippen LogP contribution in [0.15, 0.2) is 89.5 Å². The van der Waals surface area contributed by atoms with Gasteiger partial charge in [-0.15, -0.1) is 0 Å². The number of anilines is 1. The first-order valence-electron chi connectivity index (χ1n) is 10.0. The molecule has 0 radical (unpaired) electrons. The fourth-order valence-corrected chi connectivity index (χ4v) is 4.33. The molecule has 0 bridgehead atoms. The van der Waals surface area contributed by atoms with Gasteiger partial charge in [0.1, 0.15) is 23.4 Å². The van der Waals surface area contributed by atoms with Crippen molar-refractivity contribution in [2.24, 2.45) is 0 Å². The zero-order chi connectivity index (χ0) is 21.4. The van der Waals surface area contributed by atoms with Crippen LogP contribution in [0.4, 0.5) is 10.1 Å². The molecule has 2 aromatic heterocycles. The number of thiocarbonyl (C=S) groups is 1. The number of furan rings is 1. The minimum atomic E-state index is -0.276. The number of benzene rings is 2. The number of aryl methyl sites for hydroxylation is 1. The fourth-order valence-electron chi connectivity index (χ4n) is 3.98. The number of hydrogen-bond acceptors (Lipinski definition) is 3. The first-order chi connectivity index (χ1) is 15.1. The van der Waals surface area contributed by atoms with Crippen molar-refractivity contribution in [3.8, 4) is 11.3 Å². The van der Waals surface area contributed by atoms with Gasteiger partial charge in [0, 0.05) is 17.4 Å². The van der Waals surface area contributed by atoms with Crippen LogP contribution in [0.3, 0.4) is 0 Å². The van der Waals surface area contributed by atoms with Crippen LogP contribution in [0.5, 0.6) is 0 Å². The molecule has 1 N–H and O–H groups in total. The van der Waals surface area contributed by atoms with Crippen molar-refractivity contribution in [2.45, 2.75) is 19.0 Å². The molecule has 0 aliphatic carbocycles. The van der Waals surface area contributed by atoms with E-state index in [0.29, 0.717) is 10.9 Å². The van der Waals surface area contributed by atoms with Crippen molar-refractivity contribution in [1.82, 2.24) is 10.3 Å². The van der Waals surface area contributed by atoms with Gasteiger partial charge in [0.15, 0.2) is 5.11 Å². The molecule has 0 spiro atoms. The van der Waals surface area contributed by atoms with Crippen LogP contribution in [0.25, 0.3) is 11.3 Å². The predicted octanol–water partition coefficient (Wildman–Crippen LogP) is 5.97. The molecule has 0 amide bonds. The van der Waals surface area contributed by atoms with E-state index in [1.54, 1.807) is 18.3 Å². The molecule has 5 rings (SSSR count). The Morgan fingerprint density at radius 2 is 1.84 bits per heavy atom. The lowest BCUT2D eigenvalue weighted by Gasteiger charge is -2.26. The highest BCUT2D eigenvalue weighted by molar-refractivity contribution is 7.80. The van der Waals surface area contributed by atoms with Crippen LogP contribution in [0, 0.1) is 12.7 Å². The first kappa shape index (κ1) is 19.5. The number of hydrogen-bond donors (Lipinski definition) is 1. The molecule has 1 aliphatic rings. The molecule has 2 atom stereocenters. The second-order valence-corrected chi connectivity index (χ2v) is 7.93. The summed E-state index contributed by atoms with van der Waals surface area (Å²) in [6.45, 7) is 2.06. The van der Waals surface area contributed by atoms with Gasteiger partial charge in [0.2, 0.25) is 0 Å². The summed E-state index contributed by atoms with van der Waals surface area (Å²) in [5, 5.41) is 4.05. The number of nitrogens with zero attached hydrogens (tertiary/aromatic N) is 2. The Hall–Kier alpha value is -3.51. The summed E-state index contributed by atoms with van der Waals surface area (Å²) in [5.41, 5.74) is 3.83. The Morgan fingerprint density at radius 3 is 2.58 bits per heavy atom. The van der Waals surface area contributed by atoms with Gasteiger partial charge in [-0.05, 0) is 85.4 Å². The molecular weight excluding hydrogens is 409 g/mol. The highest BCUT2D eigenvalue weighted by atomic mass is 32.1. The summed E-state index contributed by atoms with van der Waals surface area (Å²) >= 11 is 5.74. The summed E-state index contributed by atoms with van der Waals surface area (Å²) in [6.07, 6.45) is 1.78. The quantitative estimate of drug-likeness (QED) is 0.405. The van der Waals surface area contributed by atoms with E-state index >= 15 is 0 Å². The van der Waals surface area contributed by atoms with E-state index in [1.807, 2.05) is 42.5 Å². The lowest BCUT2D eigenvalue weighted by atomic mass is 10.0. The predicted molar refractivity (Wildman–Crippen MR) is 123 cm³/mol. The summed E-state index contributed by atoms with van der Waals surface area (Å²) in [6, 6.07) is 23.8. The Kier molecular flexibility index (Phi) is 5.00. The highest BCUT2D eigenvalue weighted by Crippen LogP contribution is 2.43. The third kappa shape index (κ3) is 3.70. The first-order valence-corrected chi connectivity index (χ1v) is 10.4. The maximum atomic E-state index is 13.3. The van der Waals surface area contributed by atoms with Crippen LogP contribution < -0.4 is 10.2 Å². The van der Waals surface area contributed by atoms with Gasteiger partial charge in [-0.2, -0.15) is 0 Å². The lowest BCUT2D eigenvalue weighted by Crippen LogP contribution is -2.29. The van der Waals surface area contributed by atoms with Crippen molar-refractivity contribution < 1.29 is 8.81 Å². The Bertz CT molecular complexity index is 1220. The van der Waals surface area contributed by atoms with E-state index in [2.05, 4.69) is 34.3 Å². The van der Waals surface area contributed by atoms with Crippen LogP contribution in [0.2, 0.25) is 0 Å². The monoisotopic (exact) mass is 429 g/mol. The Balaban J connectivity index is 1.60. The van der Waals surface area contributed by atoms with Gasteiger partial charge >= 0.3 is 0 Å². The second-order valence-electron chi connectivity index (χ2n) is 7.54. The highest BCUT2D eigenvalue weighted by Gasteiger charge is 2.42. The average molecular weight is 430 g/mol. The molecule has 4 aromatic rings. The molecule has 154 valence electrons. The fraction of sp³-hybridized carbons (Fsp3) is 0.120. The maximum Gasteiger partial charge on any atom is 0.174 e. The number of halogens is 1. The molecule has 2 aromatic carbocycles. The van der Waals surface area contributed by atoms with E-state index in [9.17, 15) is 4.39 Å². The smallest absolute Gasteiger partial charge is 0.174 e. The number of nitrogens with one attached hydrogen (secondary N) is 1. The minimum absolute atomic E-state index is 0.179. The van der Waals surface area contributed by atoms with E-state index in [0.717, 1.165) is 28.3 Å². The van der Waals surface area contributed by atoms with Crippen LogP contribution >= 0.6 is 12.2 Å². The zero-order valence-corrected chi connectivity index (χ0v) is 17.6. The van der Waals surface area contributed by atoms with Crippen molar-refractivity contribution >= 4 is 23.0 Å². The topological polar surface area (TPSA) is 41.3 Å².